The van der Waals surface area contributed by atoms with Crippen LogP contribution in [0, 0.1) is 18.7 Å². The summed E-state index contributed by atoms with van der Waals surface area (Å²) in [6.45, 7) is 3.92. The van der Waals surface area contributed by atoms with E-state index in [1.807, 2.05) is 48.2 Å². The monoisotopic (exact) mass is 548 g/mol. The molecule has 214 valence electrons. The Morgan fingerprint density at radius 3 is 2.60 bits per heavy atom. The molecule has 40 heavy (non-hydrogen) atoms. The van der Waals surface area contributed by atoms with Gasteiger partial charge in [-0.1, -0.05) is 30.3 Å². The van der Waals surface area contributed by atoms with Crippen LogP contribution in [0.4, 0.5) is 4.39 Å². The lowest BCUT2D eigenvalue weighted by Crippen LogP contribution is -2.48. The SMILES string of the molecule is COCCCC[C@@](O)(c1cccc(F)c1-c1cc(C)cc(OC)c1)[C@@H]1CCCN(C(=O)c2ccc(CN)cc2)C1. The zero-order valence-corrected chi connectivity index (χ0v) is 23.8. The third-order valence-electron chi connectivity index (χ3n) is 8.03. The third kappa shape index (κ3) is 6.54. The Labute approximate surface area is 236 Å². The molecule has 1 fully saturated rings. The Hall–Kier alpha value is -3.26. The first-order chi connectivity index (χ1) is 19.3. The van der Waals surface area contributed by atoms with Crippen molar-refractivity contribution >= 4 is 5.91 Å². The van der Waals surface area contributed by atoms with Crippen LogP contribution in [-0.2, 0) is 16.9 Å². The lowest BCUT2D eigenvalue weighted by molar-refractivity contribution is -0.0575. The molecule has 1 aliphatic heterocycles. The molecule has 0 aliphatic carbocycles. The zero-order valence-electron chi connectivity index (χ0n) is 23.8. The van der Waals surface area contributed by atoms with E-state index >= 15 is 4.39 Å². The van der Waals surface area contributed by atoms with Gasteiger partial charge in [-0.25, -0.2) is 4.39 Å². The van der Waals surface area contributed by atoms with Crippen LogP contribution in [0.1, 0.15) is 59.2 Å². The quantitative estimate of drug-likeness (QED) is 0.295. The van der Waals surface area contributed by atoms with Crippen LogP contribution in [0.2, 0.25) is 0 Å². The molecule has 7 heteroatoms. The zero-order chi connectivity index (χ0) is 28.7. The van der Waals surface area contributed by atoms with Gasteiger partial charge >= 0.3 is 0 Å². The van der Waals surface area contributed by atoms with E-state index in [1.165, 1.54) is 6.07 Å². The molecule has 3 aromatic carbocycles. The minimum absolute atomic E-state index is 0.0714. The summed E-state index contributed by atoms with van der Waals surface area (Å²) in [7, 11) is 3.25. The van der Waals surface area contributed by atoms with Crippen LogP contribution in [0.25, 0.3) is 11.1 Å². The normalized spacial score (nSPS) is 16.9. The number of amides is 1. The number of benzene rings is 3. The second kappa shape index (κ2) is 13.4. The number of nitrogens with zero attached hydrogens (tertiary/aromatic N) is 1. The Balaban J connectivity index is 1.73. The standard InChI is InChI=1S/C33H41FN2O4/c1-23-18-26(20-28(19-23)40-3)31-29(9-6-10-30(31)34)33(38,15-4-5-17-39-2)27-8-7-16-36(22-27)32(37)25-13-11-24(21-35)12-14-25/h6,9-14,18-20,27,38H,4-5,7-8,15-17,21-22,35H2,1-3H3/t27-,33+/m1/s1. The number of unbranched alkanes of at least 4 members (excludes halogenated alkanes) is 1. The molecule has 0 aromatic heterocycles. The fourth-order valence-corrected chi connectivity index (χ4v) is 5.91. The summed E-state index contributed by atoms with van der Waals surface area (Å²) >= 11 is 0. The van der Waals surface area contributed by atoms with Gasteiger partial charge in [-0.3, -0.25) is 4.79 Å². The first-order valence-corrected chi connectivity index (χ1v) is 14.1. The van der Waals surface area contributed by atoms with Gasteiger partial charge in [0.1, 0.15) is 11.6 Å². The second-order valence-corrected chi connectivity index (χ2v) is 10.8. The van der Waals surface area contributed by atoms with Gasteiger partial charge in [0.05, 0.1) is 12.7 Å². The maximum atomic E-state index is 15.7. The van der Waals surface area contributed by atoms with Crippen LogP contribution < -0.4 is 10.5 Å². The van der Waals surface area contributed by atoms with Crippen LogP contribution in [0.15, 0.2) is 60.7 Å². The number of methoxy groups -OCH3 is 2. The number of piperidine rings is 1. The summed E-state index contributed by atoms with van der Waals surface area (Å²) < 4.78 is 26.4. The van der Waals surface area contributed by atoms with Gasteiger partial charge < -0.3 is 25.2 Å². The van der Waals surface area contributed by atoms with E-state index in [9.17, 15) is 9.90 Å². The summed E-state index contributed by atoms with van der Waals surface area (Å²) in [5, 5.41) is 12.6. The molecule has 0 bridgehead atoms. The van der Waals surface area contributed by atoms with Crippen LogP contribution >= 0.6 is 0 Å². The number of hydrogen-bond donors (Lipinski definition) is 2. The molecular weight excluding hydrogens is 507 g/mol. The molecule has 2 atom stereocenters. The molecule has 0 unspecified atom stereocenters. The predicted octanol–water partition coefficient (Wildman–Crippen LogP) is 5.83. The number of aryl methyl sites for hydroxylation is 1. The van der Waals surface area contributed by atoms with Gasteiger partial charge in [-0.15, -0.1) is 0 Å². The van der Waals surface area contributed by atoms with Crippen molar-refractivity contribution in [1.29, 1.82) is 0 Å². The van der Waals surface area contributed by atoms with E-state index in [0.717, 1.165) is 30.4 Å². The number of rotatable bonds is 11. The lowest BCUT2D eigenvalue weighted by atomic mass is 9.72. The van der Waals surface area contributed by atoms with Crippen molar-refractivity contribution < 1.29 is 23.8 Å². The molecule has 1 amide bonds. The molecule has 1 aliphatic rings. The van der Waals surface area contributed by atoms with E-state index in [0.29, 0.717) is 67.1 Å². The fourth-order valence-electron chi connectivity index (χ4n) is 5.91. The van der Waals surface area contributed by atoms with Crippen molar-refractivity contribution in [2.45, 2.75) is 51.2 Å². The summed E-state index contributed by atoms with van der Waals surface area (Å²) in [6, 6.07) is 17.9. The van der Waals surface area contributed by atoms with Gasteiger partial charge in [-0.2, -0.15) is 0 Å². The smallest absolute Gasteiger partial charge is 0.253 e. The molecule has 1 heterocycles. The highest BCUT2D eigenvalue weighted by Gasteiger charge is 2.43. The highest BCUT2D eigenvalue weighted by Crippen LogP contribution is 2.45. The first kappa shape index (κ1) is 29.7. The van der Waals surface area contributed by atoms with Crippen LogP contribution in [-0.4, -0.2) is 49.8 Å². The van der Waals surface area contributed by atoms with Crippen molar-refractivity contribution in [2.24, 2.45) is 11.7 Å². The fraction of sp³-hybridized carbons (Fsp3) is 0.424. The van der Waals surface area contributed by atoms with Crippen molar-refractivity contribution in [3.8, 4) is 16.9 Å². The molecule has 0 radical (unpaired) electrons. The molecule has 1 saturated heterocycles. The summed E-state index contributed by atoms with van der Waals surface area (Å²) in [4.78, 5) is 15.3. The highest BCUT2D eigenvalue weighted by molar-refractivity contribution is 5.94. The van der Waals surface area contributed by atoms with E-state index in [1.54, 1.807) is 32.4 Å². The molecule has 3 aromatic rings. The second-order valence-electron chi connectivity index (χ2n) is 10.8. The number of halogens is 1. The highest BCUT2D eigenvalue weighted by atomic mass is 19.1. The summed E-state index contributed by atoms with van der Waals surface area (Å²) in [5.74, 6) is -0.117. The first-order valence-electron chi connectivity index (χ1n) is 14.1. The molecular formula is C33H41FN2O4. The van der Waals surface area contributed by atoms with E-state index in [2.05, 4.69) is 0 Å². The lowest BCUT2D eigenvalue weighted by Gasteiger charge is -2.43. The molecule has 0 saturated carbocycles. The average Bonchev–Trinajstić information content (AvgIpc) is 2.98. The molecule has 6 nitrogen and oxygen atoms in total. The van der Waals surface area contributed by atoms with Crippen molar-refractivity contribution in [1.82, 2.24) is 4.90 Å². The van der Waals surface area contributed by atoms with Crippen LogP contribution in [0.5, 0.6) is 5.75 Å². The van der Waals surface area contributed by atoms with E-state index < -0.39 is 11.4 Å². The predicted molar refractivity (Wildman–Crippen MR) is 156 cm³/mol. The average molecular weight is 549 g/mol. The maximum absolute atomic E-state index is 15.7. The van der Waals surface area contributed by atoms with Crippen LogP contribution in [0.3, 0.4) is 0 Å². The van der Waals surface area contributed by atoms with Gasteiger partial charge in [0, 0.05) is 50.4 Å². The summed E-state index contributed by atoms with van der Waals surface area (Å²) in [6.07, 6.45) is 3.37. The number of likely N-dealkylation sites (tertiary alicyclic amines) is 1. The Bertz CT molecular complexity index is 1300. The largest absolute Gasteiger partial charge is 0.497 e. The third-order valence-corrected chi connectivity index (χ3v) is 8.03. The van der Waals surface area contributed by atoms with E-state index in [4.69, 9.17) is 15.2 Å². The Kier molecular flexibility index (Phi) is 9.95. The molecule has 4 rings (SSSR count). The Morgan fingerprint density at radius 1 is 1.12 bits per heavy atom. The number of nitrogens with two attached hydrogens (primary N) is 1. The molecule has 0 spiro atoms. The van der Waals surface area contributed by atoms with Gasteiger partial charge in [-0.05, 0) is 91.6 Å². The van der Waals surface area contributed by atoms with Crippen molar-refractivity contribution in [3.05, 3.63) is 88.7 Å². The van der Waals surface area contributed by atoms with Gasteiger partial charge in [0.25, 0.3) is 5.91 Å². The van der Waals surface area contributed by atoms with Crippen molar-refractivity contribution in [2.75, 3.05) is 33.9 Å². The number of aliphatic hydroxyl groups is 1. The van der Waals surface area contributed by atoms with Crippen molar-refractivity contribution in [3.63, 3.8) is 0 Å². The maximum Gasteiger partial charge on any atom is 0.253 e. The van der Waals surface area contributed by atoms with Gasteiger partial charge in [0.2, 0.25) is 0 Å². The van der Waals surface area contributed by atoms with Gasteiger partial charge in [0.15, 0.2) is 0 Å². The number of carbonyl (C=O) groups excluding carboxylic acids is 1. The minimum atomic E-state index is -1.36. The number of hydrogen-bond acceptors (Lipinski definition) is 5. The summed E-state index contributed by atoms with van der Waals surface area (Å²) in [5.41, 5.74) is 8.44. The number of ether oxygens (including phenoxy) is 2. The number of carbonyl (C=O) groups is 1. The van der Waals surface area contributed by atoms with E-state index in [-0.39, 0.29) is 11.8 Å². The topological polar surface area (TPSA) is 85.0 Å². The molecule has 3 N–H and O–H groups in total. The minimum Gasteiger partial charge on any atom is -0.497 e. The Morgan fingerprint density at radius 2 is 1.90 bits per heavy atom.